The largest absolute Gasteiger partial charge is 0.467 e. The van der Waals surface area contributed by atoms with Crippen molar-refractivity contribution in [3.8, 4) is 17.9 Å². The van der Waals surface area contributed by atoms with Crippen LogP contribution in [0.1, 0.15) is 28.3 Å². The molecule has 7 heteroatoms. The molecule has 0 radical (unpaired) electrons. The Morgan fingerprint density at radius 2 is 2.18 bits per heavy atom. The zero-order valence-corrected chi connectivity index (χ0v) is 12.5. The quantitative estimate of drug-likeness (QED) is 0.850. The fraction of sp³-hybridized carbons (Fsp3) is 0.267. The minimum absolute atomic E-state index is 0.125. The third kappa shape index (κ3) is 2.39. The van der Waals surface area contributed by atoms with E-state index in [0.717, 1.165) is 11.1 Å². The third-order valence-corrected chi connectivity index (χ3v) is 3.67. The van der Waals surface area contributed by atoms with E-state index in [9.17, 15) is 5.26 Å². The molecule has 1 aromatic heterocycles. The number of imidazole rings is 1. The fourth-order valence-corrected chi connectivity index (χ4v) is 2.76. The summed E-state index contributed by atoms with van der Waals surface area (Å²) in [5.41, 5.74) is 2.05. The number of hydrogen-bond acceptors (Lipinski definition) is 5. The summed E-state index contributed by atoms with van der Waals surface area (Å²) in [6.45, 7) is 2.72. The van der Waals surface area contributed by atoms with Crippen LogP contribution < -0.4 is 4.74 Å². The number of aromatic nitrogens is 2. The van der Waals surface area contributed by atoms with Gasteiger partial charge >= 0.3 is 0 Å². The summed E-state index contributed by atoms with van der Waals surface area (Å²) in [4.78, 5) is 4.11. The lowest BCUT2D eigenvalue weighted by atomic mass is 10.1. The molecule has 0 fully saturated rings. The molecule has 2 heterocycles. The van der Waals surface area contributed by atoms with Gasteiger partial charge in [0, 0.05) is 16.1 Å². The maximum atomic E-state index is 9.28. The van der Waals surface area contributed by atoms with Gasteiger partial charge < -0.3 is 14.0 Å². The first kappa shape index (κ1) is 14.4. The molecule has 2 aromatic rings. The van der Waals surface area contributed by atoms with Crippen molar-refractivity contribution in [2.75, 3.05) is 6.79 Å². The van der Waals surface area contributed by atoms with Crippen molar-refractivity contribution in [3.63, 3.8) is 0 Å². The molecule has 1 aliphatic rings. The normalized spacial score (nSPS) is 12.9. The van der Waals surface area contributed by atoms with Crippen molar-refractivity contribution in [1.82, 2.24) is 9.55 Å². The molecule has 6 nitrogen and oxygen atoms in total. The number of rotatable bonds is 2. The predicted octanol–water partition coefficient (Wildman–Crippen LogP) is 2.50. The van der Waals surface area contributed by atoms with Crippen molar-refractivity contribution in [2.45, 2.75) is 20.1 Å². The van der Waals surface area contributed by atoms with E-state index in [1.54, 1.807) is 23.6 Å². The van der Waals surface area contributed by atoms with Gasteiger partial charge in [0.2, 0.25) is 0 Å². The van der Waals surface area contributed by atoms with E-state index < -0.39 is 0 Å². The van der Waals surface area contributed by atoms with Crippen LogP contribution in [-0.2, 0) is 17.9 Å². The van der Waals surface area contributed by atoms with Crippen LogP contribution in [0.5, 0.6) is 5.75 Å². The standard InChI is InChI=1S/C15H11ClN4O2/c1-9-19-13(4-17)14(5-18)20(9)6-10-2-12(16)3-11-7-21-8-22-15(10)11/h2-3H,6-8H2,1H3. The van der Waals surface area contributed by atoms with Crippen molar-refractivity contribution in [3.05, 3.63) is 45.5 Å². The molecule has 0 N–H and O–H groups in total. The number of halogens is 1. The Morgan fingerprint density at radius 1 is 1.36 bits per heavy atom. The minimum atomic E-state index is 0.125. The molecule has 0 bridgehead atoms. The zero-order valence-electron chi connectivity index (χ0n) is 11.8. The number of benzene rings is 1. The molecular formula is C15H11ClN4O2. The van der Waals surface area contributed by atoms with Crippen molar-refractivity contribution in [2.24, 2.45) is 0 Å². The second-order valence-corrected chi connectivity index (χ2v) is 5.27. The van der Waals surface area contributed by atoms with Gasteiger partial charge in [0.1, 0.15) is 23.7 Å². The van der Waals surface area contributed by atoms with Crippen molar-refractivity contribution < 1.29 is 9.47 Å². The summed E-state index contributed by atoms with van der Waals surface area (Å²) in [7, 11) is 0. The van der Waals surface area contributed by atoms with E-state index in [1.165, 1.54) is 0 Å². The molecule has 3 rings (SSSR count). The summed E-state index contributed by atoms with van der Waals surface area (Å²) in [6, 6.07) is 7.55. The van der Waals surface area contributed by atoms with Gasteiger partial charge in [-0.05, 0) is 19.1 Å². The highest BCUT2D eigenvalue weighted by Crippen LogP contribution is 2.32. The number of ether oxygens (including phenoxy) is 2. The molecule has 0 saturated carbocycles. The van der Waals surface area contributed by atoms with Gasteiger partial charge in [-0.1, -0.05) is 11.6 Å². The second kappa shape index (κ2) is 5.69. The van der Waals surface area contributed by atoms with Crippen molar-refractivity contribution in [1.29, 1.82) is 10.5 Å². The summed E-state index contributed by atoms with van der Waals surface area (Å²) >= 11 is 6.14. The Bertz CT molecular complexity index is 830. The number of fused-ring (bicyclic) bond motifs is 1. The van der Waals surface area contributed by atoms with E-state index in [2.05, 4.69) is 4.98 Å². The lowest BCUT2D eigenvalue weighted by Gasteiger charge is -2.21. The average molecular weight is 315 g/mol. The summed E-state index contributed by atoms with van der Waals surface area (Å²) < 4.78 is 12.5. The average Bonchev–Trinajstić information content (AvgIpc) is 2.82. The first-order valence-corrected chi connectivity index (χ1v) is 6.91. The molecule has 0 saturated heterocycles. The molecule has 0 spiro atoms. The maximum absolute atomic E-state index is 9.28. The molecule has 1 aromatic carbocycles. The van der Waals surface area contributed by atoms with Gasteiger partial charge in [-0.15, -0.1) is 0 Å². The highest BCUT2D eigenvalue weighted by atomic mass is 35.5. The Balaban J connectivity index is 2.09. The van der Waals surface area contributed by atoms with E-state index >= 15 is 0 Å². The molecular weight excluding hydrogens is 304 g/mol. The molecule has 0 atom stereocenters. The number of hydrogen-bond donors (Lipinski definition) is 0. The van der Waals surface area contributed by atoms with Crippen LogP contribution in [0.3, 0.4) is 0 Å². The Hall–Kier alpha value is -2.54. The molecule has 110 valence electrons. The Morgan fingerprint density at radius 3 is 2.91 bits per heavy atom. The van der Waals surface area contributed by atoms with E-state index in [0.29, 0.717) is 29.7 Å². The first-order chi connectivity index (χ1) is 10.6. The van der Waals surface area contributed by atoms with E-state index in [-0.39, 0.29) is 18.2 Å². The number of nitriles is 2. The van der Waals surface area contributed by atoms with Crippen LogP contribution in [-0.4, -0.2) is 16.3 Å². The first-order valence-electron chi connectivity index (χ1n) is 6.53. The Labute approximate surface area is 132 Å². The highest BCUT2D eigenvalue weighted by molar-refractivity contribution is 6.30. The van der Waals surface area contributed by atoms with Crippen molar-refractivity contribution >= 4 is 11.6 Å². The van der Waals surface area contributed by atoms with Crippen LogP contribution in [0.2, 0.25) is 5.02 Å². The van der Waals surface area contributed by atoms with Crippen LogP contribution >= 0.6 is 11.6 Å². The SMILES string of the molecule is Cc1nc(C#N)c(C#N)n1Cc1cc(Cl)cc2c1OCOC2. The summed E-state index contributed by atoms with van der Waals surface area (Å²) in [6.07, 6.45) is 0. The van der Waals surface area contributed by atoms with Crippen LogP contribution in [0.4, 0.5) is 0 Å². The topological polar surface area (TPSA) is 83.9 Å². The van der Waals surface area contributed by atoms with Gasteiger partial charge in [-0.2, -0.15) is 10.5 Å². The van der Waals surface area contributed by atoms with E-state index in [4.69, 9.17) is 26.3 Å². The van der Waals surface area contributed by atoms with Gasteiger partial charge in [0.05, 0.1) is 13.2 Å². The molecule has 0 unspecified atom stereocenters. The van der Waals surface area contributed by atoms with Crippen LogP contribution in [0.15, 0.2) is 12.1 Å². The maximum Gasteiger partial charge on any atom is 0.189 e. The lowest BCUT2D eigenvalue weighted by molar-refractivity contribution is -0.0170. The smallest absolute Gasteiger partial charge is 0.189 e. The minimum Gasteiger partial charge on any atom is -0.467 e. The van der Waals surface area contributed by atoms with Gasteiger partial charge in [-0.25, -0.2) is 4.98 Å². The lowest BCUT2D eigenvalue weighted by Crippen LogP contribution is -2.15. The highest BCUT2D eigenvalue weighted by Gasteiger charge is 2.20. The van der Waals surface area contributed by atoms with Gasteiger partial charge in [0.15, 0.2) is 18.2 Å². The molecule has 1 aliphatic heterocycles. The zero-order chi connectivity index (χ0) is 15.7. The molecule has 0 amide bonds. The van der Waals surface area contributed by atoms with E-state index in [1.807, 2.05) is 12.1 Å². The fourth-order valence-electron chi connectivity index (χ4n) is 2.49. The third-order valence-electron chi connectivity index (χ3n) is 3.45. The summed E-state index contributed by atoms with van der Waals surface area (Å²) in [5.74, 6) is 1.31. The van der Waals surface area contributed by atoms with Crippen LogP contribution in [0.25, 0.3) is 0 Å². The molecule has 0 aliphatic carbocycles. The second-order valence-electron chi connectivity index (χ2n) is 4.83. The Kier molecular flexibility index (Phi) is 3.72. The predicted molar refractivity (Wildman–Crippen MR) is 77.2 cm³/mol. The van der Waals surface area contributed by atoms with Gasteiger partial charge in [-0.3, -0.25) is 0 Å². The van der Waals surface area contributed by atoms with Crippen LogP contribution in [0, 0.1) is 29.6 Å². The monoisotopic (exact) mass is 314 g/mol. The number of nitrogens with zero attached hydrogens (tertiary/aromatic N) is 4. The van der Waals surface area contributed by atoms with Gasteiger partial charge in [0.25, 0.3) is 0 Å². The number of aryl methyl sites for hydroxylation is 1. The molecule has 22 heavy (non-hydrogen) atoms. The summed E-state index contributed by atoms with van der Waals surface area (Å²) in [5, 5.41) is 18.9.